The standard InChI is InChI=1S/CH4F2N3OP3/c1-7-10(3,5-8-2)6-9-4/h4H,1H3. The zero-order valence-corrected chi connectivity index (χ0v) is 7.58. The molecule has 0 aromatic heterocycles. The second-order valence-corrected chi connectivity index (χ2v) is 4.10. The number of rotatable bonds is 3. The maximum absolute atomic E-state index is 12.7. The first kappa shape index (κ1) is 10.2. The fraction of sp³-hybridized carbons (Fsp3) is 1.00. The molecule has 0 spiro atoms. The summed E-state index contributed by atoms with van der Waals surface area (Å²) in [6.07, 6.45) is 0. The Hall–Kier alpha value is 0.250. The second kappa shape index (κ2) is 4.97. The van der Waals surface area contributed by atoms with Gasteiger partial charge in [0.25, 0.3) is 0 Å². The first-order valence-electron chi connectivity index (χ1n) is 1.95. The highest BCUT2D eigenvalue weighted by Gasteiger charge is 2.14. The quantitative estimate of drug-likeness (QED) is 0.689. The Kier molecular flexibility index (Phi) is 5.10. The fourth-order valence-electron chi connectivity index (χ4n) is 0.188. The van der Waals surface area contributed by atoms with Crippen molar-refractivity contribution in [3.05, 3.63) is 0 Å². The summed E-state index contributed by atoms with van der Waals surface area (Å²) in [7, 11) is -4.00. The van der Waals surface area contributed by atoms with Gasteiger partial charge in [-0.2, -0.15) is 12.9 Å². The predicted octanol–water partition coefficient (Wildman–Crippen LogP) is 4.19. The van der Waals surface area contributed by atoms with E-state index >= 15 is 0 Å². The van der Waals surface area contributed by atoms with Crippen LogP contribution in [0.5, 0.6) is 0 Å². The van der Waals surface area contributed by atoms with Crippen molar-refractivity contribution in [3.8, 4) is 0 Å². The van der Waals surface area contributed by atoms with E-state index in [-0.39, 0.29) is 8.52 Å². The molecule has 0 amide bonds. The van der Waals surface area contributed by atoms with Gasteiger partial charge in [-0.15, -0.1) is 4.52 Å². The number of hydrogen-bond donors (Lipinski definition) is 1. The Morgan fingerprint density at radius 3 is 2.60 bits per heavy atom. The van der Waals surface area contributed by atoms with Crippen LogP contribution in [-0.2, 0) is 4.52 Å². The van der Waals surface area contributed by atoms with Gasteiger partial charge in [0.05, 0.1) is 0 Å². The van der Waals surface area contributed by atoms with Crippen molar-refractivity contribution in [1.82, 2.24) is 0 Å². The lowest BCUT2D eigenvalue weighted by Crippen LogP contribution is -1.67. The fourth-order valence-corrected chi connectivity index (χ4v) is 2.01. The van der Waals surface area contributed by atoms with Gasteiger partial charge in [-0.25, -0.2) is 0 Å². The van der Waals surface area contributed by atoms with Crippen LogP contribution in [0.2, 0.25) is 0 Å². The molecule has 0 heterocycles. The Morgan fingerprint density at radius 1 is 1.70 bits per heavy atom. The smallest absolute Gasteiger partial charge is 0.306 e. The Balaban J connectivity index is 4.53. The molecule has 0 rings (SSSR count). The minimum absolute atomic E-state index is 0.291. The highest BCUT2D eigenvalue weighted by Crippen LogP contribution is 2.57. The molecule has 0 fully saturated rings. The molecule has 9 heteroatoms. The Morgan fingerprint density at radius 2 is 2.30 bits per heavy atom. The van der Waals surface area contributed by atoms with Gasteiger partial charge in [0, 0.05) is 7.11 Å². The molecule has 10 heavy (non-hydrogen) atoms. The van der Waals surface area contributed by atoms with Crippen LogP contribution in [0.4, 0.5) is 8.39 Å². The molecule has 1 N–H and O–H groups in total. The number of halogens is 2. The van der Waals surface area contributed by atoms with Crippen molar-refractivity contribution >= 4 is 24.9 Å². The Bertz CT molecular complexity index is 192. The molecule has 0 aromatic carbocycles. The third kappa shape index (κ3) is 3.43. The first-order chi connectivity index (χ1) is 4.68. The van der Waals surface area contributed by atoms with Crippen LogP contribution in [0, 0.1) is 5.16 Å². The van der Waals surface area contributed by atoms with Crippen molar-refractivity contribution in [3.63, 3.8) is 0 Å². The molecule has 0 aliphatic heterocycles. The molecule has 0 radical (unpaired) electrons. The topological polar surface area (TPSA) is 57.8 Å². The van der Waals surface area contributed by atoms with Crippen LogP contribution >= 0.6 is 24.9 Å². The first-order valence-corrected chi connectivity index (χ1v) is 5.04. The molecule has 0 saturated heterocycles. The maximum atomic E-state index is 12.7. The number of nitrogens with zero attached hydrogens (tertiary/aromatic N) is 2. The molecule has 1 atom stereocenters. The van der Waals surface area contributed by atoms with Gasteiger partial charge < -0.3 is 4.52 Å². The number of nitrogens with one attached hydrogen (secondary N) is 1. The lowest BCUT2D eigenvalue weighted by molar-refractivity contribution is 0.422. The third-order valence-corrected chi connectivity index (χ3v) is 3.39. The summed E-state index contributed by atoms with van der Waals surface area (Å²) in [5.74, 6) is 0. The second-order valence-electron chi connectivity index (χ2n) is 1.01. The number of hydrogen-bond acceptors (Lipinski definition) is 2. The van der Waals surface area contributed by atoms with Crippen molar-refractivity contribution < 1.29 is 12.9 Å². The SMILES string of the molecule is COP(F)(=NP=N)/N=P/F. The van der Waals surface area contributed by atoms with E-state index in [1.807, 2.05) is 0 Å². The minimum atomic E-state index is -3.79. The van der Waals surface area contributed by atoms with E-state index in [2.05, 4.69) is 13.6 Å². The molecule has 58 valence electrons. The van der Waals surface area contributed by atoms with Crippen molar-refractivity contribution in [2.45, 2.75) is 0 Å². The highest BCUT2D eigenvalue weighted by molar-refractivity contribution is 7.61. The van der Waals surface area contributed by atoms with E-state index in [1.54, 1.807) is 0 Å². The van der Waals surface area contributed by atoms with E-state index in [0.29, 0.717) is 0 Å². The maximum Gasteiger partial charge on any atom is 0.390 e. The summed E-state index contributed by atoms with van der Waals surface area (Å²) in [5.41, 5.74) is 0. The van der Waals surface area contributed by atoms with Crippen LogP contribution in [0.15, 0.2) is 9.03 Å². The van der Waals surface area contributed by atoms with Crippen LogP contribution in [0.1, 0.15) is 0 Å². The summed E-state index contributed by atoms with van der Waals surface area (Å²) in [4.78, 5) is 0. The molecular formula is CH4F2N3OP3. The molecule has 0 saturated carbocycles. The summed E-state index contributed by atoms with van der Waals surface area (Å²) >= 11 is 0. The van der Waals surface area contributed by atoms with Gasteiger partial charge >= 0.3 is 7.74 Å². The van der Waals surface area contributed by atoms with Crippen LogP contribution in [0.3, 0.4) is 0 Å². The largest absolute Gasteiger partial charge is 0.390 e. The summed E-state index contributed by atoms with van der Waals surface area (Å²) < 4.78 is 34.1. The highest BCUT2D eigenvalue weighted by atomic mass is 31.2. The van der Waals surface area contributed by atoms with Crippen LogP contribution < -0.4 is 0 Å². The van der Waals surface area contributed by atoms with Gasteiger partial charge in [0.2, 0.25) is 8.68 Å². The molecule has 0 aromatic rings. The molecular weight excluding hydrogens is 201 g/mol. The van der Waals surface area contributed by atoms with Crippen molar-refractivity contribution in [2.75, 3.05) is 7.11 Å². The molecule has 4 nitrogen and oxygen atoms in total. The molecule has 0 bridgehead atoms. The lowest BCUT2D eigenvalue weighted by Gasteiger charge is -2.00. The third-order valence-electron chi connectivity index (χ3n) is 0.531. The average molecular weight is 205 g/mol. The summed E-state index contributed by atoms with van der Waals surface area (Å²) in [6.45, 7) is 0. The Labute approximate surface area is 60.0 Å². The van der Waals surface area contributed by atoms with Crippen molar-refractivity contribution in [1.29, 1.82) is 5.16 Å². The summed E-state index contributed by atoms with van der Waals surface area (Å²) in [6, 6.07) is 0. The molecule has 1 unspecified atom stereocenters. The van der Waals surface area contributed by atoms with Crippen LogP contribution in [-0.4, -0.2) is 7.11 Å². The van der Waals surface area contributed by atoms with E-state index < -0.39 is 16.4 Å². The van der Waals surface area contributed by atoms with Gasteiger partial charge in [-0.05, 0) is 0 Å². The normalized spacial score (nSPS) is 17.5. The van der Waals surface area contributed by atoms with E-state index in [1.165, 1.54) is 0 Å². The average Bonchev–Trinajstić information content (AvgIpc) is 1.89. The zero-order chi connectivity index (χ0) is 8.04. The van der Waals surface area contributed by atoms with E-state index in [9.17, 15) is 8.39 Å². The van der Waals surface area contributed by atoms with E-state index in [4.69, 9.17) is 5.16 Å². The molecule has 0 aliphatic rings. The zero-order valence-electron chi connectivity index (χ0n) is 4.90. The van der Waals surface area contributed by atoms with E-state index in [0.717, 1.165) is 7.11 Å². The molecule has 0 aliphatic carbocycles. The predicted molar refractivity (Wildman–Crippen MR) is 37.6 cm³/mol. The van der Waals surface area contributed by atoms with Gasteiger partial charge in [0.1, 0.15) is 0 Å². The minimum Gasteiger partial charge on any atom is -0.306 e. The lowest BCUT2D eigenvalue weighted by atomic mass is 11.8. The van der Waals surface area contributed by atoms with Gasteiger partial charge in [-0.3, -0.25) is 5.16 Å². The summed E-state index contributed by atoms with van der Waals surface area (Å²) in [5, 5.41) is 6.47. The van der Waals surface area contributed by atoms with Crippen LogP contribution in [0.25, 0.3) is 0 Å². The van der Waals surface area contributed by atoms with Gasteiger partial charge in [0.15, 0.2) is 8.52 Å². The monoisotopic (exact) mass is 205 g/mol. The van der Waals surface area contributed by atoms with Crippen molar-refractivity contribution in [2.24, 2.45) is 9.03 Å². The van der Waals surface area contributed by atoms with Gasteiger partial charge in [-0.1, -0.05) is 0 Å².